The number of aromatic hydroxyl groups is 1. The van der Waals surface area contributed by atoms with Gasteiger partial charge >= 0.3 is 19.7 Å². The maximum Gasteiger partial charge on any atom is 0.410 e. The van der Waals surface area contributed by atoms with E-state index in [9.17, 15) is 24.1 Å². The quantitative estimate of drug-likeness (QED) is 0.110. The Morgan fingerprint density at radius 3 is 2.04 bits per heavy atom. The van der Waals surface area contributed by atoms with Crippen LogP contribution in [0.15, 0.2) is 41.8 Å². The third-order valence-electron chi connectivity index (χ3n) is 7.37. The van der Waals surface area contributed by atoms with Crippen molar-refractivity contribution in [1.82, 2.24) is 9.88 Å². The van der Waals surface area contributed by atoms with E-state index in [1.807, 2.05) is 48.5 Å². The molecule has 2 N–H and O–H groups in total. The highest BCUT2D eigenvalue weighted by Crippen LogP contribution is 2.51. The van der Waals surface area contributed by atoms with E-state index >= 15 is 0 Å². The lowest BCUT2D eigenvalue weighted by molar-refractivity contribution is 0.0126. The van der Waals surface area contributed by atoms with Crippen molar-refractivity contribution >= 4 is 42.0 Å². The monoisotopic (exact) mass is 821 g/mol. The molecular formula is C39H56N3O12PS. The lowest BCUT2D eigenvalue weighted by Crippen LogP contribution is -2.44. The Morgan fingerprint density at radius 2 is 1.48 bits per heavy atom. The molecule has 3 aromatic rings. The summed E-state index contributed by atoms with van der Waals surface area (Å²) in [4.78, 5) is 42.9. The number of aromatic nitrogens is 1. The minimum absolute atomic E-state index is 0.0164. The second-order valence-corrected chi connectivity index (χ2v) is 17.1. The predicted molar refractivity (Wildman–Crippen MR) is 214 cm³/mol. The molecule has 2 heterocycles. The number of methoxy groups -OCH3 is 1. The average Bonchev–Trinajstić information content (AvgIpc) is 3.52. The highest BCUT2D eigenvalue weighted by Gasteiger charge is 2.29. The summed E-state index contributed by atoms with van der Waals surface area (Å²) in [5.41, 5.74) is 0.575. The molecule has 15 nitrogen and oxygen atoms in total. The lowest BCUT2D eigenvalue weighted by Gasteiger charge is -2.33. The Morgan fingerprint density at radius 1 is 0.911 bits per heavy atom. The van der Waals surface area contributed by atoms with Gasteiger partial charge in [-0.15, -0.1) is 11.3 Å². The molecule has 1 fully saturated rings. The SMILES string of the molecule is CCOP(=O)(Cc1csc(NC(=O)c2cc(OC(C)C)cc(OC3CCN(C(=O)OC(C)(C)C)CC3)c2)n1)OCC.COC(=O)c1cc(O)cc(OC(C)C)c1. The molecular weight excluding hydrogens is 765 g/mol. The van der Waals surface area contributed by atoms with Crippen LogP contribution in [0, 0.1) is 0 Å². The number of phenolic OH excluding ortho intramolecular Hbond substituents is 1. The van der Waals surface area contributed by atoms with Crippen molar-refractivity contribution in [3.63, 3.8) is 0 Å². The molecule has 56 heavy (non-hydrogen) atoms. The number of phenols is 1. The van der Waals surface area contributed by atoms with Crippen LogP contribution in [0.4, 0.5) is 9.93 Å². The molecule has 0 atom stereocenters. The van der Waals surface area contributed by atoms with Gasteiger partial charge in [-0.3, -0.25) is 14.7 Å². The molecule has 0 bridgehead atoms. The van der Waals surface area contributed by atoms with Crippen LogP contribution in [-0.4, -0.2) is 90.3 Å². The molecule has 2 aromatic carbocycles. The van der Waals surface area contributed by atoms with Crippen molar-refractivity contribution in [2.45, 2.75) is 105 Å². The summed E-state index contributed by atoms with van der Waals surface area (Å²) in [5.74, 6) is 0.544. The van der Waals surface area contributed by atoms with Crippen LogP contribution in [0.3, 0.4) is 0 Å². The summed E-state index contributed by atoms with van der Waals surface area (Å²) in [6, 6.07) is 9.39. The summed E-state index contributed by atoms with van der Waals surface area (Å²) in [6.45, 7) is 18.1. The molecule has 310 valence electrons. The summed E-state index contributed by atoms with van der Waals surface area (Å²) in [7, 11) is -2.03. The molecule has 0 radical (unpaired) electrons. The largest absolute Gasteiger partial charge is 0.508 e. The van der Waals surface area contributed by atoms with Gasteiger partial charge in [-0.25, -0.2) is 14.6 Å². The van der Waals surface area contributed by atoms with Crippen LogP contribution in [0.25, 0.3) is 0 Å². The molecule has 1 aromatic heterocycles. The van der Waals surface area contributed by atoms with Gasteiger partial charge in [0, 0.05) is 49.0 Å². The topological polar surface area (TPSA) is 181 Å². The third kappa shape index (κ3) is 15.6. The van der Waals surface area contributed by atoms with E-state index in [-0.39, 0.29) is 61.0 Å². The Kier molecular flexibility index (Phi) is 17.5. The Balaban J connectivity index is 0.000000469. The first-order valence-electron chi connectivity index (χ1n) is 18.5. The lowest BCUT2D eigenvalue weighted by atomic mass is 10.1. The van der Waals surface area contributed by atoms with Gasteiger partial charge in [-0.05, 0) is 86.6 Å². The fourth-order valence-corrected chi connectivity index (χ4v) is 7.70. The summed E-state index contributed by atoms with van der Waals surface area (Å²) < 4.78 is 51.1. The van der Waals surface area contributed by atoms with Gasteiger partial charge < -0.3 is 42.7 Å². The van der Waals surface area contributed by atoms with Crippen molar-refractivity contribution in [2.75, 3.05) is 38.7 Å². The minimum atomic E-state index is -3.31. The normalized spacial score (nSPS) is 13.5. The summed E-state index contributed by atoms with van der Waals surface area (Å²) in [5, 5.41) is 14.2. The number of piperidine rings is 1. The smallest absolute Gasteiger partial charge is 0.410 e. The zero-order chi connectivity index (χ0) is 41.6. The molecule has 0 spiro atoms. The minimum Gasteiger partial charge on any atom is -0.508 e. The van der Waals surface area contributed by atoms with Crippen LogP contribution in [-0.2, 0) is 29.2 Å². The van der Waals surface area contributed by atoms with Crippen molar-refractivity contribution in [1.29, 1.82) is 0 Å². The van der Waals surface area contributed by atoms with Gasteiger partial charge in [0.1, 0.15) is 34.7 Å². The molecule has 1 aliphatic rings. The average molecular weight is 822 g/mol. The Hall–Kier alpha value is -4.37. The molecule has 2 amide bonds. The van der Waals surface area contributed by atoms with Crippen LogP contribution in [0.1, 0.15) is 102 Å². The Labute approximate surface area is 333 Å². The number of ether oxygens (including phenoxy) is 5. The van der Waals surface area contributed by atoms with Crippen LogP contribution in [0.2, 0.25) is 0 Å². The van der Waals surface area contributed by atoms with Crippen molar-refractivity contribution in [3.05, 3.63) is 58.6 Å². The number of hydrogen-bond donors (Lipinski definition) is 2. The second-order valence-electron chi connectivity index (χ2n) is 14.2. The first kappa shape index (κ1) is 46.0. The molecule has 0 unspecified atom stereocenters. The molecule has 1 saturated heterocycles. The second kappa shape index (κ2) is 21.2. The molecule has 0 saturated carbocycles. The van der Waals surface area contributed by atoms with E-state index in [0.717, 1.165) is 0 Å². The number of carbonyl (C=O) groups is 3. The number of benzene rings is 2. The van der Waals surface area contributed by atoms with Gasteiger partial charge in [-0.2, -0.15) is 0 Å². The molecule has 4 rings (SSSR count). The van der Waals surface area contributed by atoms with Crippen molar-refractivity contribution in [3.8, 4) is 23.0 Å². The van der Waals surface area contributed by atoms with Crippen molar-refractivity contribution in [2.24, 2.45) is 0 Å². The first-order chi connectivity index (χ1) is 26.3. The third-order valence-corrected chi connectivity index (χ3v) is 10.2. The van der Waals surface area contributed by atoms with Gasteiger partial charge in [0.2, 0.25) is 0 Å². The summed E-state index contributed by atoms with van der Waals surface area (Å²) >= 11 is 1.22. The van der Waals surface area contributed by atoms with Crippen LogP contribution >= 0.6 is 18.9 Å². The zero-order valence-corrected chi connectivity index (χ0v) is 35.6. The van der Waals surface area contributed by atoms with E-state index in [1.54, 1.807) is 42.3 Å². The Bertz CT molecular complexity index is 1790. The van der Waals surface area contributed by atoms with E-state index in [2.05, 4.69) is 15.0 Å². The number of hydrogen-bond acceptors (Lipinski definition) is 14. The highest BCUT2D eigenvalue weighted by molar-refractivity contribution is 7.53. The highest BCUT2D eigenvalue weighted by atomic mass is 32.1. The number of nitrogens with one attached hydrogen (secondary N) is 1. The van der Waals surface area contributed by atoms with E-state index in [1.165, 1.54) is 36.6 Å². The first-order valence-corrected chi connectivity index (χ1v) is 21.1. The maximum absolute atomic E-state index is 13.2. The maximum atomic E-state index is 13.2. The number of esters is 1. The van der Waals surface area contributed by atoms with Gasteiger partial charge in [-0.1, -0.05) is 0 Å². The number of anilines is 1. The summed E-state index contributed by atoms with van der Waals surface area (Å²) in [6.07, 6.45) is 0.696. The molecule has 0 aliphatic carbocycles. The van der Waals surface area contributed by atoms with E-state index < -0.39 is 19.2 Å². The number of carbonyl (C=O) groups excluding carboxylic acids is 3. The number of nitrogens with zero attached hydrogens (tertiary/aromatic N) is 2. The van der Waals surface area contributed by atoms with Gasteiger partial charge in [0.05, 0.1) is 50.0 Å². The predicted octanol–water partition coefficient (Wildman–Crippen LogP) is 8.69. The fraction of sp³-hybridized carbons (Fsp3) is 0.538. The number of thiazole rings is 1. The van der Waals surface area contributed by atoms with Crippen molar-refractivity contribution < 1.29 is 56.8 Å². The number of likely N-dealkylation sites (tertiary alicyclic amines) is 1. The van der Waals surface area contributed by atoms with Gasteiger partial charge in [0.15, 0.2) is 5.13 Å². The van der Waals surface area contributed by atoms with Gasteiger partial charge in [0.25, 0.3) is 5.91 Å². The molecule has 1 aliphatic heterocycles. The number of amides is 2. The van der Waals surface area contributed by atoms with E-state index in [4.69, 9.17) is 28.0 Å². The van der Waals surface area contributed by atoms with Crippen LogP contribution < -0.4 is 19.5 Å². The van der Waals surface area contributed by atoms with Crippen LogP contribution in [0.5, 0.6) is 23.0 Å². The van der Waals surface area contributed by atoms with E-state index in [0.29, 0.717) is 59.6 Å². The molecule has 17 heteroatoms. The zero-order valence-electron chi connectivity index (χ0n) is 33.9. The fourth-order valence-electron chi connectivity index (χ4n) is 5.27. The standard InChI is InChI=1S/C28H42N3O8PS.C11H14O4/c1-8-35-40(34,36-9-2)17-21-18-41-26(29-21)30-25(32)20-14-23(37-19(3)4)16-24(15-20)38-22-10-12-31(13-11-22)27(33)39-28(5,6)7;1-7(2)15-10-5-8(11(13)14-3)4-9(12)6-10/h14-16,18-19,22H,8-13,17H2,1-7H3,(H,29,30,32);4-7,12H,1-3H3. The number of rotatable bonds is 15.